The van der Waals surface area contributed by atoms with Crippen molar-refractivity contribution in [3.63, 3.8) is 0 Å². The molecule has 0 saturated carbocycles. The lowest BCUT2D eigenvalue weighted by molar-refractivity contribution is -0.116. The zero-order valence-electron chi connectivity index (χ0n) is 13.9. The maximum absolute atomic E-state index is 13.0. The number of alkyl halides is 2. The van der Waals surface area contributed by atoms with Gasteiger partial charge in [0.15, 0.2) is 11.5 Å². The second-order valence-electron chi connectivity index (χ2n) is 5.22. The van der Waals surface area contributed by atoms with Crippen LogP contribution in [0.3, 0.4) is 0 Å². The van der Waals surface area contributed by atoms with E-state index < -0.39 is 24.4 Å². The van der Waals surface area contributed by atoms with Crippen molar-refractivity contribution in [2.24, 2.45) is 0 Å². The largest absolute Gasteiger partial charge is 0.493 e. The molecule has 0 radical (unpaired) electrons. The predicted octanol–water partition coefficient (Wildman–Crippen LogP) is 4.53. The molecule has 9 heteroatoms. The van der Waals surface area contributed by atoms with E-state index in [-0.39, 0.29) is 22.2 Å². The number of rotatable bonds is 7. The summed E-state index contributed by atoms with van der Waals surface area (Å²) in [6.07, 6.45) is 0. The second kappa shape index (κ2) is 8.66. The number of benzene rings is 2. The Balaban J connectivity index is 2.08. The van der Waals surface area contributed by atoms with Gasteiger partial charge in [0, 0.05) is 11.8 Å². The van der Waals surface area contributed by atoms with Gasteiger partial charge in [-0.05, 0) is 37.3 Å². The van der Waals surface area contributed by atoms with E-state index in [1.807, 2.05) is 0 Å². The van der Waals surface area contributed by atoms with E-state index in [1.54, 1.807) is 13.0 Å². The minimum absolute atomic E-state index is 0.0580. The highest BCUT2D eigenvalue weighted by molar-refractivity contribution is 6.33. The quantitative estimate of drug-likeness (QED) is 0.731. The Morgan fingerprint density at radius 2 is 1.88 bits per heavy atom. The molecule has 0 aromatic heterocycles. The standard InChI is InChI=1S/C17H16ClF3N2O3/c1-9(16(24)23-13-5-3-10(19)7-12(13)18)22-11-4-6-14(25-2)15(8-11)26-17(20)21/h3-9,17,22H,1-2H3,(H,23,24). The molecule has 2 aromatic rings. The normalized spacial score (nSPS) is 11.8. The maximum Gasteiger partial charge on any atom is 0.387 e. The lowest BCUT2D eigenvalue weighted by atomic mass is 10.2. The van der Waals surface area contributed by atoms with Crippen LogP contribution in [0.25, 0.3) is 0 Å². The van der Waals surface area contributed by atoms with Crippen molar-refractivity contribution in [1.82, 2.24) is 0 Å². The van der Waals surface area contributed by atoms with Gasteiger partial charge in [0.05, 0.1) is 17.8 Å². The van der Waals surface area contributed by atoms with E-state index >= 15 is 0 Å². The Morgan fingerprint density at radius 3 is 2.50 bits per heavy atom. The van der Waals surface area contributed by atoms with Gasteiger partial charge >= 0.3 is 6.61 Å². The number of carbonyl (C=O) groups excluding carboxylic acids is 1. The summed E-state index contributed by atoms with van der Waals surface area (Å²) in [5, 5.41) is 5.46. The minimum atomic E-state index is -3.01. The molecule has 0 heterocycles. The Labute approximate surface area is 153 Å². The van der Waals surface area contributed by atoms with Crippen molar-refractivity contribution >= 4 is 28.9 Å². The molecule has 0 fully saturated rings. The smallest absolute Gasteiger partial charge is 0.387 e. The molecule has 0 aliphatic heterocycles. The molecule has 0 spiro atoms. The molecular formula is C17H16ClF3N2O3. The zero-order chi connectivity index (χ0) is 19.3. The summed E-state index contributed by atoms with van der Waals surface area (Å²) in [6.45, 7) is -1.45. The highest BCUT2D eigenvalue weighted by Crippen LogP contribution is 2.31. The first-order chi connectivity index (χ1) is 12.3. The SMILES string of the molecule is COc1ccc(NC(C)C(=O)Nc2ccc(F)cc2Cl)cc1OC(F)F. The lowest BCUT2D eigenvalue weighted by Gasteiger charge is -2.17. The highest BCUT2D eigenvalue weighted by Gasteiger charge is 2.17. The molecular weight excluding hydrogens is 373 g/mol. The van der Waals surface area contributed by atoms with Crippen molar-refractivity contribution in [2.45, 2.75) is 19.6 Å². The van der Waals surface area contributed by atoms with Crippen LogP contribution in [0, 0.1) is 5.82 Å². The number of carbonyl (C=O) groups is 1. The molecule has 0 saturated heterocycles. The van der Waals surface area contributed by atoms with Gasteiger partial charge in [0.1, 0.15) is 11.9 Å². The van der Waals surface area contributed by atoms with E-state index in [1.165, 1.54) is 25.3 Å². The molecule has 26 heavy (non-hydrogen) atoms. The summed E-state index contributed by atoms with van der Waals surface area (Å²) in [4.78, 5) is 12.2. The molecule has 0 aliphatic rings. The van der Waals surface area contributed by atoms with Gasteiger partial charge < -0.3 is 20.1 Å². The summed E-state index contributed by atoms with van der Waals surface area (Å²) >= 11 is 5.86. The number of amides is 1. The Hall–Kier alpha value is -2.61. The predicted molar refractivity (Wildman–Crippen MR) is 92.8 cm³/mol. The fraction of sp³-hybridized carbons (Fsp3) is 0.235. The molecule has 1 atom stereocenters. The van der Waals surface area contributed by atoms with Gasteiger partial charge in [-0.15, -0.1) is 0 Å². The van der Waals surface area contributed by atoms with Crippen molar-refractivity contribution in [1.29, 1.82) is 0 Å². The average molecular weight is 389 g/mol. The van der Waals surface area contributed by atoms with Crippen LogP contribution < -0.4 is 20.1 Å². The van der Waals surface area contributed by atoms with Crippen molar-refractivity contribution in [3.8, 4) is 11.5 Å². The number of nitrogens with one attached hydrogen (secondary N) is 2. The second-order valence-corrected chi connectivity index (χ2v) is 5.63. The fourth-order valence-electron chi connectivity index (χ4n) is 2.10. The Bertz CT molecular complexity index is 790. The number of ether oxygens (including phenoxy) is 2. The van der Waals surface area contributed by atoms with Gasteiger partial charge in [0.25, 0.3) is 0 Å². The molecule has 2 N–H and O–H groups in total. The molecule has 5 nitrogen and oxygen atoms in total. The van der Waals surface area contributed by atoms with Gasteiger partial charge in [0.2, 0.25) is 5.91 Å². The van der Waals surface area contributed by atoms with Crippen LogP contribution in [0.5, 0.6) is 11.5 Å². The van der Waals surface area contributed by atoms with Crippen LogP contribution in [0.15, 0.2) is 36.4 Å². The zero-order valence-corrected chi connectivity index (χ0v) is 14.6. The number of methoxy groups -OCH3 is 1. The summed E-state index contributed by atoms with van der Waals surface area (Å²) in [5.41, 5.74) is 0.623. The first-order valence-corrected chi connectivity index (χ1v) is 7.83. The summed E-state index contributed by atoms with van der Waals surface area (Å²) in [5.74, 6) is -1.01. The summed E-state index contributed by atoms with van der Waals surface area (Å²) in [7, 11) is 1.32. The number of anilines is 2. The van der Waals surface area contributed by atoms with Gasteiger partial charge in [-0.1, -0.05) is 11.6 Å². The van der Waals surface area contributed by atoms with Crippen LogP contribution in [-0.2, 0) is 4.79 Å². The highest BCUT2D eigenvalue weighted by atomic mass is 35.5. The molecule has 2 aromatic carbocycles. The third kappa shape index (κ3) is 5.19. The third-order valence-electron chi connectivity index (χ3n) is 3.35. The number of hydrogen-bond acceptors (Lipinski definition) is 4. The van der Waals surface area contributed by atoms with Crippen LogP contribution >= 0.6 is 11.6 Å². The summed E-state index contributed by atoms with van der Waals surface area (Å²) < 4.78 is 47.3. The van der Waals surface area contributed by atoms with E-state index in [0.29, 0.717) is 5.69 Å². The third-order valence-corrected chi connectivity index (χ3v) is 3.66. The topological polar surface area (TPSA) is 59.6 Å². The van der Waals surface area contributed by atoms with Crippen molar-refractivity contribution < 1.29 is 27.4 Å². The van der Waals surface area contributed by atoms with Crippen molar-refractivity contribution in [3.05, 3.63) is 47.2 Å². The Morgan fingerprint density at radius 1 is 1.15 bits per heavy atom. The Kier molecular flexibility index (Phi) is 6.57. The number of halogens is 4. The fourth-order valence-corrected chi connectivity index (χ4v) is 2.32. The van der Waals surface area contributed by atoms with Crippen LogP contribution in [0.4, 0.5) is 24.5 Å². The lowest BCUT2D eigenvalue weighted by Crippen LogP contribution is -2.32. The maximum atomic E-state index is 13.0. The number of hydrogen-bond donors (Lipinski definition) is 2. The molecule has 140 valence electrons. The molecule has 0 aliphatic carbocycles. The first kappa shape index (κ1) is 19.7. The first-order valence-electron chi connectivity index (χ1n) is 7.45. The van der Waals surface area contributed by atoms with E-state index in [2.05, 4.69) is 15.4 Å². The average Bonchev–Trinajstić information content (AvgIpc) is 2.57. The minimum Gasteiger partial charge on any atom is -0.493 e. The van der Waals surface area contributed by atoms with Crippen LogP contribution in [0.2, 0.25) is 5.02 Å². The molecule has 0 bridgehead atoms. The summed E-state index contributed by atoms with van der Waals surface area (Å²) in [6, 6.07) is 7.10. The van der Waals surface area contributed by atoms with E-state index in [9.17, 15) is 18.0 Å². The molecule has 1 amide bonds. The van der Waals surface area contributed by atoms with E-state index in [0.717, 1.165) is 12.1 Å². The van der Waals surface area contributed by atoms with Crippen LogP contribution in [0.1, 0.15) is 6.92 Å². The van der Waals surface area contributed by atoms with Crippen LogP contribution in [-0.4, -0.2) is 25.7 Å². The molecule has 1 unspecified atom stereocenters. The molecule has 2 rings (SSSR count). The van der Waals surface area contributed by atoms with Gasteiger partial charge in [-0.3, -0.25) is 4.79 Å². The monoisotopic (exact) mass is 388 g/mol. The van der Waals surface area contributed by atoms with Crippen molar-refractivity contribution in [2.75, 3.05) is 17.7 Å². The van der Waals surface area contributed by atoms with Gasteiger partial charge in [-0.25, -0.2) is 4.39 Å². The van der Waals surface area contributed by atoms with Gasteiger partial charge in [-0.2, -0.15) is 8.78 Å². The van der Waals surface area contributed by atoms with E-state index in [4.69, 9.17) is 16.3 Å².